The number of thiophene rings is 1. The molecule has 1 aliphatic rings. The van der Waals surface area contributed by atoms with Gasteiger partial charge in [0.15, 0.2) is 0 Å². The fourth-order valence-corrected chi connectivity index (χ4v) is 4.07. The van der Waals surface area contributed by atoms with Crippen LogP contribution in [0.25, 0.3) is 10.9 Å². The second-order valence-electron chi connectivity index (χ2n) is 6.57. The van der Waals surface area contributed by atoms with Crippen LogP contribution in [-0.4, -0.2) is 54.1 Å². The second kappa shape index (κ2) is 8.01. The molecule has 136 valence electrons. The molecule has 3 aromatic rings. The average Bonchev–Trinajstić information content (AvgIpc) is 3.21. The molecular weight excluding hydrogens is 342 g/mol. The van der Waals surface area contributed by atoms with Crippen LogP contribution in [0.5, 0.6) is 0 Å². The molecule has 2 aromatic heterocycles. The van der Waals surface area contributed by atoms with Crippen molar-refractivity contribution < 1.29 is 0 Å². The Balaban J connectivity index is 1.55. The third kappa shape index (κ3) is 3.81. The number of fused-ring (bicyclic) bond motifs is 1. The molecule has 1 N–H and O–H groups in total. The van der Waals surface area contributed by atoms with E-state index >= 15 is 0 Å². The molecule has 0 saturated carbocycles. The molecule has 0 unspecified atom stereocenters. The van der Waals surface area contributed by atoms with Gasteiger partial charge in [-0.05, 0) is 36.5 Å². The quantitative estimate of drug-likeness (QED) is 0.722. The Hall–Kier alpha value is -2.18. The van der Waals surface area contributed by atoms with E-state index in [1.54, 1.807) is 11.3 Å². The summed E-state index contributed by atoms with van der Waals surface area (Å²) in [4.78, 5) is 15.9. The molecule has 0 aliphatic carbocycles. The van der Waals surface area contributed by atoms with Gasteiger partial charge in [0.2, 0.25) is 5.95 Å². The van der Waals surface area contributed by atoms with Gasteiger partial charge in [-0.2, -0.15) is 4.98 Å². The van der Waals surface area contributed by atoms with Gasteiger partial charge in [0.25, 0.3) is 0 Å². The first kappa shape index (κ1) is 17.2. The zero-order valence-corrected chi connectivity index (χ0v) is 16.0. The van der Waals surface area contributed by atoms with Crippen LogP contribution in [-0.2, 0) is 6.42 Å². The number of likely N-dealkylation sites (N-methyl/N-ethyl adjacent to an activating group) is 1. The smallest absolute Gasteiger partial charge is 0.227 e. The standard InChI is InChI=1S/C20H25N5S/c1-2-24-11-13-25(14-12-24)20-22-18-8-4-3-7-17(18)19(23-20)21-10-9-16-6-5-15-26-16/h3-8,15H,2,9-14H2,1H3,(H,21,22,23). The third-order valence-electron chi connectivity index (χ3n) is 4.94. The Morgan fingerprint density at radius 1 is 1.04 bits per heavy atom. The van der Waals surface area contributed by atoms with E-state index < -0.39 is 0 Å². The summed E-state index contributed by atoms with van der Waals surface area (Å²) >= 11 is 1.80. The van der Waals surface area contributed by atoms with E-state index in [9.17, 15) is 0 Å². The number of nitrogens with zero attached hydrogens (tertiary/aromatic N) is 4. The minimum atomic E-state index is 0.845. The number of benzene rings is 1. The van der Waals surface area contributed by atoms with Crippen LogP contribution in [0.1, 0.15) is 11.8 Å². The Labute approximate surface area is 158 Å². The summed E-state index contributed by atoms with van der Waals surface area (Å²) in [5, 5.41) is 6.76. The summed E-state index contributed by atoms with van der Waals surface area (Å²) in [6.45, 7) is 8.34. The molecule has 0 bridgehead atoms. The Kier molecular flexibility index (Phi) is 5.32. The SMILES string of the molecule is CCN1CCN(c2nc(NCCc3cccs3)c3ccccc3n2)CC1. The molecule has 4 rings (SSSR count). The monoisotopic (exact) mass is 367 g/mol. The fourth-order valence-electron chi connectivity index (χ4n) is 3.36. The number of anilines is 2. The second-order valence-corrected chi connectivity index (χ2v) is 7.60. The van der Waals surface area contributed by atoms with E-state index in [0.717, 1.165) is 68.4 Å². The lowest BCUT2D eigenvalue weighted by molar-refractivity contribution is 0.270. The van der Waals surface area contributed by atoms with Crippen LogP contribution in [0.4, 0.5) is 11.8 Å². The summed E-state index contributed by atoms with van der Waals surface area (Å²) in [5.74, 6) is 1.79. The van der Waals surface area contributed by atoms with Crippen LogP contribution in [0, 0.1) is 0 Å². The summed E-state index contributed by atoms with van der Waals surface area (Å²) in [6.07, 6.45) is 1.01. The molecule has 0 amide bonds. The van der Waals surface area contributed by atoms with Gasteiger partial charge in [-0.3, -0.25) is 0 Å². The van der Waals surface area contributed by atoms with Crippen LogP contribution in [0.15, 0.2) is 41.8 Å². The molecular formula is C20H25N5S. The summed E-state index contributed by atoms with van der Waals surface area (Å²) in [7, 11) is 0. The van der Waals surface area contributed by atoms with Crippen molar-refractivity contribution in [2.45, 2.75) is 13.3 Å². The Morgan fingerprint density at radius 3 is 2.65 bits per heavy atom. The van der Waals surface area contributed by atoms with Gasteiger partial charge in [-0.1, -0.05) is 25.1 Å². The minimum absolute atomic E-state index is 0.845. The maximum absolute atomic E-state index is 4.88. The highest BCUT2D eigenvalue weighted by Gasteiger charge is 2.19. The molecule has 3 heterocycles. The van der Waals surface area contributed by atoms with Crippen LogP contribution >= 0.6 is 11.3 Å². The van der Waals surface area contributed by atoms with Gasteiger partial charge in [-0.25, -0.2) is 4.98 Å². The average molecular weight is 368 g/mol. The van der Waals surface area contributed by atoms with E-state index in [1.807, 2.05) is 6.07 Å². The molecule has 6 heteroatoms. The number of para-hydroxylation sites is 1. The van der Waals surface area contributed by atoms with Crippen LogP contribution < -0.4 is 10.2 Å². The van der Waals surface area contributed by atoms with Crippen molar-refractivity contribution in [1.82, 2.24) is 14.9 Å². The van der Waals surface area contributed by atoms with E-state index in [2.05, 4.69) is 57.8 Å². The minimum Gasteiger partial charge on any atom is -0.369 e. The maximum Gasteiger partial charge on any atom is 0.227 e. The van der Waals surface area contributed by atoms with Crippen molar-refractivity contribution in [1.29, 1.82) is 0 Å². The molecule has 0 radical (unpaired) electrons. The highest BCUT2D eigenvalue weighted by molar-refractivity contribution is 7.09. The van der Waals surface area contributed by atoms with Crippen molar-refractivity contribution in [2.24, 2.45) is 0 Å². The topological polar surface area (TPSA) is 44.3 Å². The van der Waals surface area contributed by atoms with Crippen molar-refractivity contribution in [3.63, 3.8) is 0 Å². The highest BCUT2D eigenvalue weighted by atomic mass is 32.1. The molecule has 1 aliphatic heterocycles. The highest BCUT2D eigenvalue weighted by Crippen LogP contribution is 2.24. The van der Waals surface area contributed by atoms with Crippen molar-refractivity contribution in [2.75, 3.05) is 49.5 Å². The Bertz CT molecular complexity index is 841. The first-order valence-electron chi connectivity index (χ1n) is 9.34. The molecule has 26 heavy (non-hydrogen) atoms. The third-order valence-corrected chi connectivity index (χ3v) is 5.87. The fraction of sp³-hybridized carbons (Fsp3) is 0.400. The summed E-state index contributed by atoms with van der Waals surface area (Å²) < 4.78 is 0. The Morgan fingerprint density at radius 2 is 1.88 bits per heavy atom. The number of aromatic nitrogens is 2. The van der Waals surface area contributed by atoms with Gasteiger partial charge < -0.3 is 15.1 Å². The van der Waals surface area contributed by atoms with Crippen LogP contribution in [0.2, 0.25) is 0 Å². The lowest BCUT2D eigenvalue weighted by atomic mass is 10.2. The molecule has 5 nitrogen and oxygen atoms in total. The molecule has 0 atom stereocenters. The molecule has 0 spiro atoms. The van der Waals surface area contributed by atoms with Crippen molar-refractivity contribution >= 4 is 34.0 Å². The first-order chi connectivity index (χ1) is 12.8. The van der Waals surface area contributed by atoms with E-state index in [-0.39, 0.29) is 0 Å². The number of piperazine rings is 1. The number of rotatable bonds is 6. The van der Waals surface area contributed by atoms with Crippen molar-refractivity contribution in [3.05, 3.63) is 46.7 Å². The van der Waals surface area contributed by atoms with E-state index in [1.165, 1.54) is 4.88 Å². The van der Waals surface area contributed by atoms with E-state index in [4.69, 9.17) is 9.97 Å². The zero-order valence-electron chi connectivity index (χ0n) is 15.2. The van der Waals surface area contributed by atoms with Crippen molar-refractivity contribution in [3.8, 4) is 0 Å². The molecule has 1 aromatic carbocycles. The largest absolute Gasteiger partial charge is 0.369 e. The van der Waals surface area contributed by atoms with Gasteiger partial charge in [0, 0.05) is 43.0 Å². The predicted molar refractivity (Wildman–Crippen MR) is 110 cm³/mol. The number of hydrogen-bond donors (Lipinski definition) is 1. The lowest BCUT2D eigenvalue weighted by Crippen LogP contribution is -2.46. The summed E-state index contributed by atoms with van der Waals surface area (Å²) in [5.41, 5.74) is 1.01. The lowest BCUT2D eigenvalue weighted by Gasteiger charge is -2.34. The molecule has 1 fully saturated rings. The first-order valence-corrected chi connectivity index (χ1v) is 10.2. The van der Waals surface area contributed by atoms with Gasteiger partial charge in [0.05, 0.1) is 5.52 Å². The number of hydrogen-bond acceptors (Lipinski definition) is 6. The maximum atomic E-state index is 4.88. The molecule has 1 saturated heterocycles. The van der Waals surface area contributed by atoms with Gasteiger partial charge in [-0.15, -0.1) is 11.3 Å². The van der Waals surface area contributed by atoms with Gasteiger partial charge in [0.1, 0.15) is 5.82 Å². The summed E-state index contributed by atoms with van der Waals surface area (Å²) in [6, 6.07) is 12.6. The van der Waals surface area contributed by atoms with Gasteiger partial charge >= 0.3 is 0 Å². The zero-order chi connectivity index (χ0) is 17.8. The number of nitrogens with one attached hydrogen (secondary N) is 1. The normalized spacial score (nSPS) is 15.5. The van der Waals surface area contributed by atoms with E-state index in [0.29, 0.717) is 0 Å². The van der Waals surface area contributed by atoms with Crippen LogP contribution in [0.3, 0.4) is 0 Å². The predicted octanol–water partition coefficient (Wildman–Crippen LogP) is 3.49.